The molecule has 30 heavy (non-hydrogen) atoms. The van der Waals surface area contributed by atoms with Gasteiger partial charge in [-0.1, -0.05) is 55.5 Å². The minimum absolute atomic E-state index is 0.0761. The molecule has 0 aliphatic heterocycles. The summed E-state index contributed by atoms with van der Waals surface area (Å²) in [5.74, 6) is -1.19. The van der Waals surface area contributed by atoms with Gasteiger partial charge in [0.1, 0.15) is 6.61 Å². The van der Waals surface area contributed by atoms with Gasteiger partial charge in [-0.2, -0.15) is 0 Å². The summed E-state index contributed by atoms with van der Waals surface area (Å²) in [6.45, 7) is 5.88. The fraction of sp³-hybridized carbons (Fsp3) is 0.417. The number of hydrogen-bond donors (Lipinski definition) is 1. The first-order chi connectivity index (χ1) is 14.4. The van der Waals surface area contributed by atoms with E-state index < -0.39 is 17.6 Å². The van der Waals surface area contributed by atoms with Crippen molar-refractivity contribution in [3.8, 4) is 11.1 Å². The smallest absolute Gasteiger partial charge is 0.410 e. The Morgan fingerprint density at radius 1 is 1.03 bits per heavy atom. The van der Waals surface area contributed by atoms with Crippen LogP contribution in [0.5, 0.6) is 0 Å². The molecular weight excluding hydrogens is 382 g/mol. The van der Waals surface area contributed by atoms with Gasteiger partial charge in [0, 0.05) is 19.1 Å². The Morgan fingerprint density at radius 2 is 1.60 bits per heavy atom. The zero-order valence-electron chi connectivity index (χ0n) is 17.8. The van der Waals surface area contributed by atoms with Crippen LogP contribution in [0.3, 0.4) is 0 Å². The van der Waals surface area contributed by atoms with Crippen LogP contribution >= 0.6 is 0 Å². The van der Waals surface area contributed by atoms with Gasteiger partial charge in [0.15, 0.2) is 5.54 Å². The zero-order chi connectivity index (χ0) is 21.7. The number of hydrogen-bond acceptors (Lipinski definition) is 4. The van der Waals surface area contributed by atoms with E-state index in [1.807, 2.05) is 43.3 Å². The summed E-state index contributed by atoms with van der Waals surface area (Å²) in [7, 11) is 0. The number of benzene rings is 2. The highest BCUT2D eigenvalue weighted by molar-refractivity contribution is 5.84. The average molecular weight is 411 g/mol. The molecule has 0 saturated carbocycles. The molecule has 6 nitrogen and oxygen atoms in total. The van der Waals surface area contributed by atoms with Crippen molar-refractivity contribution in [3.05, 3.63) is 59.7 Å². The monoisotopic (exact) mass is 411 g/mol. The predicted octanol–water partition coefficient (Wildman–Crippen LogP) is 4.53. The number of carboxylic acids is 1. The fourth-order valence-electron chi connectivity index (χ4n) is 3.99. The Hall–Kier alpha value is -2.86. The van der Waals surface area contributed by atoms with E-state index in [2.05, 4.69) is 12.1 Å². The number of nitrogens with zero attached hydrogens (tertiary/aromatic N) is 1. The third kappa shape index (κ3) is 4.05. The van der Waals surface area contributed by atoms with E-state index in [4.69, 9.17) is 9.47 Å². The molecule has 2 aromatic carbocycles. The van der Waals surface area contributed by atoms with E-state index in [1.54, 1.807) is 6.92 Å². The highest BCUT2D eigenvalue weighted by Crippen LogP contribution is 2.44. The summed E-state index contributed by atoms with van der Waals surface area (Å²) >= 11 is 0. The summed E-state index contributed by atoms with van der Waals surface area (Å²) in [5.41, 5.74) is 3.03. The largest absolute Gasteiger partial charge is 0.479 e. The Bertz CT molecular complexity index is 866. The number of carbonyl (C=O) groups excluding carboxylic acids is 1. The van der Waals surface area contributed by atoms with E-state index in [0.717, 1.165) is 22.3 Å². The fourth-order valence-corrected chi connectivity index (χ4v) is 3.99. The van der Waals surface area contributed by atoms with E-state index in [1.165, 1.54) is 11.8 Å². The SMILES string of the molecule is CCCN(C(=O)OCC1c2ccccc2-c2ccccc21)C(C)(COCC)C(=O)O. The topological polar surface area (TPSA) is 76.1 Å². The zero-order valence-corrected chi connectivity index (χ0v) is 17.8. The molecule has 0 saturated heterocycles. The van der Waals surface area contributed by atoms with Crippen LogP contribution in [-0.4, -0.2) is 54.0 Å². The van der Waals surface area contributed by atoms with Crippen molar-refractivity contribution in [1.82, 2.24) is 4.90 Å². The Kier molecular flexibility index (Phi) is 6.77. The lowest BCUT2D eigenvalue weighted by atomic mass is 9.98. The van der Waals surface area contributed by atoms with Gasteiger partial charge in [-0.15, -0.1) is 0 Å². The van der Waals surface area contributed by atoms with Crippen LogP contribution in [0.2, 0.25) is 0 Å². The molecule has 160 valence electrons. The molecular formula is C24H29NO5. The molecule has 3 rings (SSSR count). The lowest BCUT2D eigenvalue weighted by molar-refractivity contribution is -0.153. The second kappa shape index (κ2) is 9.30. The van der Waals surface area contributed by atoms with Crippen LogP contribution in [0.1, 0.15) is 44.2 Å². The minimum Gasteiger partial charge on any atom is -0.479 e. The Labute approximate surface area is 177 Å². The number of carboxylic acid groups (broad SMARTS) is 1. The first-order valence-corrected chi connectivity index (χ1v) is 10.4. The number of carbonyl (C=O) groups is 2. The standard InChI is InChI=1S/C24H29NO5/c1-4-14-25(24(3,22(26)27)16-29-5-2)23(28)30-15-21-19-12-8-6-10-17(19)18-11-7-9-13-20(18)21/h6-13,21H,4-5,14-16H2,1-3H3,(H,26,27). The highest BCUT2D eigenvalue weighted by atomic mass is 16.6. The summed E-state index contributed by atoms with van der Waals surface area (Å²) in [6.07, 6.45) is -0.0255. The van der Waals surface area contributed by atoms with Crippen LogP contribution in [0, 0.1) is 0 Å². The molecule has 1 atom stereocenters. The third-order valence-corrected chi connectivity index (χ3v) is 5.65. The second-order valence-electron chi connectivity index (χ2n) is 7.67. The van der Waals surface area contributed by atoms with Crippen LogP contribution in [0.4, 0.5) is 4.79 Å². The number of amides is 1. The number of rotatable bonds is 9. The molecule has 6 heteroatoms. The lowest BCUT2D eigenvalue weighted by Gasteiger charge is -2.36. The molecule has 0 spiro atoms. The van der Waals surface area contributed by atoms with E-state index in [9.17, 15) is 14.7 Å². The van der Waals surface area contributed by atoms with Gasteiger partial charge < -0.3 is 14.6 Å². The summed E-state index contributed by atoms with van der Waals surface area (Å²) < 4.78 is 11.1. The Balaban J connectivity index is 1.81. The maximum absolute atomic E-state index is 13.0. The first kappa shape index (κ1) is 21.8. The van der Waals surface area contributed by atoms with E-state index in [-0.39, 0.29) is 25.7 Å². The highest BCUT2D eigenvalue weighted by Gasteiger charge is 2.43. The van der Waals surface area contributed by atoms with Crippen LogP contribution in [0.15, 0.2) is 48.5 Å². The van der Waals surface area contributed by atoms with Gasteiger partial charge in [-0.05, 0) is 42.5 Å². The molecule has 0 bridgehead atoms. The van der Waals surface area contributed by atoms with E-state index in [0.29, 0.717) is 13.0 Å². The van der Waals surface area contributed by atoms with Gasteiger partial charge in [-0.25, -0.2) is 9.59 Å². The van der Waals surface area contributed by atoms with Crippen molar-refractivity contribution in [3.63, 3.8) is 0 Å². The number of aliphatic carboxylic acids is 1. The summed E-state index contributed by atoms with van der Waals surface area (Å²) in [6, 6.07) is 16.2. The molecule has 2 aromatic rings. The normalized spacial score (nSPS) is 14.5. The van der Waals surface area contributed by atoms with Gasteiger partial charge in [-0.3, -0.25) is 4.90 Å². The molecule has 0 heterocycles. The predicted molar refractivity (Wildman–Crippen MR) is 115 cm³/mol. The molecule has 1 amide bonds. The van der Waals surface area contributed by atoms with Gasteiger partial charge in [0.2, 0.25) is 0 Å². The molecule has 0 fully saturated rings. The summed E-state index contributed by atoms with van der Waals surface area (Å²) in [4.78, 5) is 26.3. The first-order valence-electron chi connectivity index (χ1n) is 10.4. The van der Waals surface area contributed by atoms with Crippen molar-refractivity contribution in [2.75, 3.05) is 26.4 Å². The molecule has 1 aliphatic rings. The molecule has 1 N–H and O–H groups in total. The van der Waals surface area contributed by atoms with Crippen LogP contribution in [-0.2, 0) is 14.3 Å². The van der Waals surface area contributed by atoms with Gasteiger partial charge >= 0.3 is 12.1 Å². The van der Waals surface area contributed by atoms with Gasteiger partial charge in [0.25, 0.3) is 0 Å². The molecule has 0 radical (unpaired) electrons. The van der Waals surface area contributed by atoms with E-state index >= 15 is 0 Å². The van der Waals surface area contributed by atoms with Crippen molar-refractivity contribution in [2.24, 2.45) is 0 Å². The van der Waals surface area contributed by atoms with Crippen molar-refractivity contribution >= 4 is 12.1 Å². The van der Waals surface area contributed by atoms with Crippen LogP contribution in [0.25, 0.3) is 11.1 Å². The molecule has 1 aliphatic carbocycles. The average Bonchev–Trinajstić information content (AvgIpc) is 3.08. The summed E-state index contributed by atoms with van der Waals surface area (Å²) in [5, 5.41) is 9.82. The minimum atomic E-state index is -1.49. The van der Waals surface area contributed by atoms with Crippen molar-refractivity contribution in [1.29, 1.82) is 0 Å². The maximum atomic E-state index is 13.0. The van der Waals surface area contributed by atoms with Gasteiger partial charge in [0.05, 0.1) is 6.61 Å². The van der Waals surface area contributed by atoms with Crippen LogP contribution < -0.4 is 0 Å². The molecule has 0 aromatic heterocycles. The lowest BCUT2D eigenvalue weighted by Crippen LogP contribution is -2.58. The quantitative estimate of drug-likeness (QED) is 0.656. The van der Waals surface area contributed by atoms with Crippen molar-refractivity contribution in [2.45, 2.75) is 38.6 Å². The second-order valence-corrected chi connectivity index (χ2v) is 7.67. The Morgan fingerprint density at radius 3 is 2.10 bits per heavy atom. The third-order valence-electron chi connectivity index (χ3n) is 5.65. The number of fused-ring (bicyclic) bond motifs is 3. The number of ether oxygens (including phenoxy) is 2. The maximum Gasteiger partial charge on any atom is 0.410 e. The molecule has 1 unspecified atom stereocenters. The van der Waals surface area contributed by atoms with Crippen molar-refractivity contribution < 1.29 is 24.2 Å².